The molecule has 2 rings (SSSR count). The second-order valence-electron chi connectivity index (χ2n) is 5.53. The van der Waals surface area contributed by atoms with E-state index < -0.39 is 12.0 Å². The van der Waals surface area contributed by atoms with Crippen molar-refractivity contribution in [2.45, 2.75) is 12.5 Å². The van der Waals surface area contributed by atoms with Gasteiger partial charge >= 0.3 is 5.97 Å². The van der Waals surface area contributed by atoms with E-state index in [-0.39, 0.29) is 12.3 Å². The first-order valence-corrected chi connectivity index (χ1v) is 7.73. The van der Waals surface area contributed by atoms with Gasteiger partial charge in [-0.15, -0.1) is 0 Å². The summed E-state index contributed by atoms with van der Waals surface area (Å²) in [5, 5.41) is 9.58. The number of carboxylic acids is 1. The Labute approximate surface area is 146 Å². The van der Waals surface area contributed by atoms with Crippen LogP contribution in [0.3, 0.4) is 0 Å². The van der Waals surface area contributed by atoms with Gasteiger partial charge in [0.25, 0.3) is 5.91 Å². The molecule has 2 aromatic carbocycles. The number of carbonyl (C=O) groups excluding carboxylic acids is 1. The predicted octanol–water partition coefficient (Wildman–Crippen LogP) is 2.47. The zero-order chi connectivity index (χ0) is 18.4. The van der Waals surface area contributed by atoms with E-state index in [0.717, 1.165) is 5.56 Å². The summed E-state index contributed by atoms with van der Waals surface area (Å²) in [5.41, 5.74) is 1.18. The normalized spacial score (nSPS) is 11.5. The zero-order valence-corrected chi connectivity index (χ0v) is 14.4. The average Bonchev–Trinajstić information content (AvgIpc) is 2.65. The number of amides is 1. The number of aliphatic carboxylic acids is 1. The van der Waals surface area contributed by atoms with Crippen molar-refractivity contribution < 1.29 is 24.2 Å². The molecule has 0 saturated carbocycles. The second-order valence-corrected chi connectivity index (χ2v) is 5.53. The highest BCUT2D eigenvalue weighted by Crippen LogP contribution is 2.28. The van der Waals surface area contributed by atoms with E-state index in [1.165, 1.54) is 26.2 Å². The largest absolute Gasteiger partial charge is 0.493 e. The van der Waals surface area contributed by atoms with E-state index in [1.807, 2.05) is 0 Å². The first-order chi connectivity index (χ1) is 12.0. The number of nitrogens with zero attached hydrogens (tertiary/aromatic N) is 1. The van der Waals surface area contributed by atoms with Crippen LogP contribution in [-0.2, 0) is 11.2 Å². The molecule has 0 spiro atoms. The molecule has 0 aromatic heterocycles. The minimum Gasteiger partial charge on any atom is -0.493 e. The van der Waals surface area contributed by atoms with E-state index in [2.05, 4.69) is 0 Å². The Bertz CT molecular complexity index is 745. The maximum atomic E-state index is 12.5. The molecule has 1 amide bonds. The summed E-state index contributed by atoms with van der Waals surface area (Å²) < 4.78 is 10.4. The molecule has 132 valence electrons. The highest BCUT2D eigenvalue weighted by Gasteiger charge is 2.27. The van der Waals surface area contributed by atoms with Gasteiger partial charge in [-0.25, -0.2) is 4.79 Å². The van der Waals surface area contributed by atoms with Crippen molar-refractivity contribution in [3.8, 4) is 11.5 Å². The quantitative estimate of drug-likeness (QED) is 0.836. The number of hydrogen-bond donors (Lipinski definition) is 1. The molecule has 2 aromatic rings. The summed E-state index contributed by atoms with van der Waals surface area (Å²) in [5.74, 6) is -0.330. The monoisotopic (exact) mass is 343 g/mol. The lowest BCUT2D eigenvalue weighted by Crippen LogP contribution is -2.43. The fourth-order valence-corrected chi connectivity index (χ4v) is 2.55. The van der Waals surface area contributed by atoms with Gasteiger partial charge in [0.15, 0.2) is 11.5 Å². The van der Waals surface area contributed by atoms with Gasteiger partial charge in [-0.1, -0.05) is 24.3 Å². The molecule has 0 fully saturated rings. The number of carbonyl (C=O) groups is 2. The van der Waals surface area contributed by atoms with E-state index in [1.54, 1.807) is 48.5 Å². The van der Waals surface area contributed by atoms with Crippen molar-refractivity contribution in [2.24, 2.45) is 0 Å². The molecule has 0 radical (unpaired) electrons. The summed E-state index contributed by atoms with van der Waals surface area (Å²) in [4.78, 5) is 25.5. The smallest absolute Gasteiger partial charge is 0.326 e. The van der Waals surface area contributed by atoms with Gasteiger partial charge in [-0.3, -0.25) is 4.79 Å². The van der Waals surface area contributed by atoms with Crippen molar-refractivity contribution in [1.29, 1.82) is 0 Å². The predicted molar refractivity (Wildman–Crippen MR) is 93.2 cm³/mol. The van der Waals surface area contributed by atoms with Gasteiger partial charge < -0.3 is 19.5 Å². The number of rotatable bonds is 7. The molecule has 0 aliphatic rings. The summed E-state index contributed by atoms with van der Waals surface area (Å²) in [7, 11) is 4.54. The zero-order valence-electron chi connectivity index (χ0n) is 14.4. The highest BCUT2D eigenvalue weighted by molar-refractivity contribution is 5.96. The van der Waals surface area contributed by atoms with Crippen LogP contribution in [0.1, 0.15) is 15.9 Å². The summed E-state index contributed by atoms with van der Waals surface area (Å²) in [6.07, 6.45) is 0.158. The van der Waals surface area contributed by atoms with Crippen molar-refractivity contribution in [2.75, 3.05) is 21.3 Å². The number of hydrogen-bond acceptors (Lipinski definition) is 4. The third-order valence-electron chi connectivity index (χ3n) is 3.97. The summed E-state index contributed by atoms with van der Waals surface area (Å²) in [6, 6.07) is 12.8. The topological polar surface area (TPSA) is 76.1 Å². The Morgan fingerprint density at radius 3 is 2.24 bits per heavy atom. The van der Waals surface area contributed by atoms with Gasteiger partial charge in [-0.05, 0) is 29.8 Å². The fraction of sp³-hybridized carbons (Fsp3) is 0.263. The third kappa shape index (κ3) is 4.29. The molecule has 6 heteroatoms. The molecule has 0 unspecified atom stereocenters. The lowest BCUT2D eigenvalue weighted by molar-refractivity contribution is -0.141. The van der Waals surface area contributed by atoms with E-state index in [0.29, 0.717) is 17.1 Å². The molecule has 6 nitrogen and oxygen atoms in total. The number of methoxy groups -OCH3 is 2. The molecule has 1 N–H and O–H groups in total. The maximum Gasteiger partial charge on any atom is 0.326 e. The van der Waals surface area contributed by atoms with E-state index in [9.17, 15) is 14.7 Å². The van der Waals surface area contributed by atoms with Crippen LogP contribution in [0.25, 0.3) is 0 Å². The Hall–Kier alpha value is -3.02. The third-order valence-corrected chi connectivity index (χ3v) is 3.97. The number of ether oxygens (including phenoxy) is 2. The van der Waals surface area contributed by atoms with Crippen LogP contribution in [0, 0.1) is 0 Å². The minimum absolute atomic E-state index is 0.158. The van der Waals surface area contributed by atoms with Crippen LogP contribution in [0.15, 0.2) is 48.5 Å². The molecular formula is C19H21NO5. The molecule has 0 bridgehead atoms. The van der Waals surface area contributed by atoms with E-state index >= 15 is 0 Å². The Balaban J connectivity index is 2.24. The average molecular weight is 343 g/mol. The second kappa shape index (κ2) is 8.19. The molecule has 25 heavy (non-hydrogen) atoms. The Kier molecular flexibility index (Phi) is 6.00. The maximum absolute atomic E-state index is 12.5. The summed E-state index contributed by atoms with van der Waals surface area (Å²) in [6.45, 7) is 0. The van der Waals surface area contributed by atoms with Crippen molar-refractivity contribution >= 4 is 11.9 Å². The van der Waals surface area contributed by atoms with Gasteiger partial charge in [0, 0.05) is 19.0 Å². The lowest BCUT2D eigenvalue weighted by Gasteiger charge is -2.25. The van der Waals surface area contributed by atoms with Crippen LogP contribution in [0.4, 0.5) is 0 Å². The first-order valence-electron chi connectivity index (χ1n) is 7.73. The van der Waals surface area contributed by atoms with Gasteiger partial charge in [0.1, 0.15) is 6.04 Å². The van der Waals surface area contributed by atoms with E-state index in [4.69, 9.17) is 9.47 Å². The SMILES string of the molecule is COc1ccc(C[C@@H](C(=O)O)N(C)C(=O)c2ccccc2)cc1OC. The standard InChI is InChI=1S/C19H21NO5/c1-20(18(21)14-7-5-4-6-8-14)15(19(22)23)11-13-9-10-16(24-2)17(12-13)25-3/h4-10,12,15H,11H2,1-3H3,(H,22,23)/t15-/m0/s1. The fourth-order valence-electron chi connectivity index (χ4n) is 2.55. The van der Waals surface area contributed by atoms with Crippen LogP contribution >= 0.6 is 0 Å². The van der Waals surface area contributed by atoms with Crippen molar-refractivity contribution in [3.05, 3.63) is 59.7 Å². The number of benzene rings is 2. The van der Waals surface area contributed by atoms with Crippen LogP contribution in [-0.4, -0.2) is 49.2 Å². The van der Waals surface area contributed by atoms with Crippen LogP contribution < -0.4 is 9.47 Å². The van der Waals surface area contributed by atoms with Crippen molar-refractivity contribution in [1.82, 2.24) is 4.90 Å². The van der Waals surface area contributed by atoms with Gasteiger partial charge in [0.2, 0.25) is 0 Å². The lowest BCUT2D eigenvalue weighted by atomic mass is 10.0. The van der Waals surface area contributed by atoms with Crippen molar-refractivity contribution in [3.63, 3.8) is 0 Å². The molecule has 0 aliphatic carbocycles. The molecule has 0 saturated heterocycles. The minimum atomic E-state index is -1.07. The number of likely N-dealkylation sites (N-methyl/N-ethyl adjacent to an activating group) is 1. The first kappa shape index (κ1) is 18.3. The van der Waals surface area contributed by atoms with Gasteiger partial charge in [0.05, 0.1) is 14.2 Å². The van der Waals surface area contributed by atoms with Crippen LogP contribution in [0.5, 0.6) is 11.5 Å². The Morgan fingerprint density at radius 1 is 1.04 bits per heavy atom. The Morgan fingerprint density at radius 2 is 1.68 bits per heavy atom. The van der Waals surface area contributed by atoms with Crippen LogP contribution in [0.2, 0.25) is 0 Å². The molecular weight excluding hydrogens is 322 g/mol. The molecule has 0 aliphatic heterocycles. The van der Waals surface area contributed by atoms with Gasteiger partial charge in [-0.2, -0.15) is 0 Å². The summed E-state index contributed by atoms with van der Waals surface area (Å²) >= 11 is 0. The molecule has 0 heterocycles. The molecule has 1 atom stereocenters. The number of carboxylic acid groups (broad SMARTS) is 1. The highest BCUT2D eigenvalue weighted by atomic mass is 16.5.